The average molecular weight is 209 g/mol. The monoisotopic (exact) mass is 209 g/mol. The minimum absolute atomic E-state index is 0.109. The molecule has 0 aromatic rings. The minimum Gasteiger partial charge on any atom is -0.394 e. The van der Waals surface area contributed by atoms with Gasteiger partial charge in [0.05, 0.1) is 12.1 Å². The van der Waals surface area contributed by atoms with E-state index in [1.165, 1.54) is 6.42 Å². The van der Waals surface area contributed by atoms with E-state index in [9.17, 15) is 9.90 Å². The Morgan fingerprint density at radius 1 is 1.27 bits per heavy atom. The molecule has 0 aromatic carbocycles. The second kappa shape index (κ2) is 3.21. The predicted octanol–water partition coefficient (Wildman–Crippen LogP) is 1.06. The van der Waals surface area contributed by atoms with Crippen LogP contribution in [0, 0.1) is 17.8 Å². The zero-order valence-electron chi connectivity index (χ0n) is 9.04. The number of aliphatic hydroxyl groups is 1. The summed E-state index contributed by atoms with van der Waals surface area (Å²) in [6, 6.07) is 0. The Hall–Kier alpha value is -0.570. The molecule has 2 N–H and O–H groups in total. The van der Waals surface area contributed by atoms with Gasteiger partial charge in [0, 0.05) is 5.92 Å². The molecule has 3 nitrogen and oxygen atoms in total. The van der Waals surface area contributed by atoms with Crippen LogP contribution in [0.5, 0.6) is 0 Å². The summed E-state index contributed by atoms with van der Waals surface area (Å²) in [5.74, 6) is 2.16. The summed E-state index contributed by atoms with van der Waals surface area (Å²) in [7, 11) is 0. The molecule has 0 radical (unpaired) electrons. The number of hydrogen-bond donors (Lipinski definition) is 2. The van der Waals surface area contributed by atoms with E-state index in [1.54, 1.807) is 0 Å². The van der Waals surface area contributed by atoms with Crippen molar-refractivity contribution in [1.82, 2.24) is 5.32 Å². The Morgan fingerprint density at radius 2 is 1.93 bits per heavy atom. The molecule has 3 aliphatic rings. The van der Waals surface area contributed by atoms with Crippen molar-refractivity contribution in [1.29, 1.82) is 0 Å². The smallest absolute Gasteiger partial charge is 0.223 e. The molecule has 0 heterocycles. The van der Waals surface area contributed by atoms with Gasteiger partial charge in [-0.1, -0.05) is 0 Å². The van der Waals surface area contributed by atoms with Gasteiger partial charge in [0.25, 0.3) is 0 Å². The molecule has 0 aliphatic heterocycles. The van der Waals surface area contributed by atoms with E-state index in [-0.39, 0.29) is 24.0 Å². The highest BCUT2D eigenvalue weighted by atomic mass is 16.3. The SMILES string of the molecule is O=C(NC1(CO)CCC1)C1CC2CC2C1. The van der Waals surface area contributed by atoms with E-state index >= 15 is 0 Å². The Bertz CT molecular complexity index is 270. The largest absolute Gasteiger partial charge is 0.394 e. The molecule has 84 valence electrons. The fraction of sp³-hybridized carbons (Fsp3) is 0.917. The lowest BCUT2D eigenvalue weighted by Gasteiger charge is -2.41. The third-order valence-corrected chi connectivity index (χ3v) is 4.62. The van der Waals surface area contributed by atoms with Gasteiger partial charge in [0.2, 0.25) is 5.91 Å². The molecule has 3 heteroatoms. The molecule has 2 atom stereocenters. The first-order valence-corrected chi connectivity index (χ1v) is 6.15. The summed E-state index contributed by atoms with van der Waals surface area (Å²) in [5.41, 5.74) is -0.246. The number of nitrogens with one attached hydrogen (secondary N) is 1. The maximum absolute atomic E-state index is 12.0. The lowest BCUT2D eigenvalue weighted by molar-refractivity contribution is -0.129. The minimum atomic E-state index is -0.246. The van der Waals surface area contributed by atoms with Crippen molar-refractivity contribution in [3.8, 4) is 0 Å². The van der Waals surface area contributed by atoms with Crippen LogP contribution >= 0.6 is 0 Å². The zero-order valence-corrected chi connectivity index (χ0v) is 9.04. The van der Waals surface area contributed by atoms with Crippen molar-refractivity contribution in [2.75, 3.05) is 6.61 Å². The predicted molar refractivity (Wildman–Crippen MR) is 56.1 cm³/mol. The Kier molecular flexibility index (Phi) is 2.06. The molecule has 15 heavy (non-hydrogen) atoms. The number of amides is 1. The summed E-state index contributed by atoms with van der Waals surface area (Å²) in [6.45, 7) is 0.109. The quantitative estimate of drug-likeness (QED) is 0.730. The number of fused-ring (bicyclic) bond motifs is 1. The van der Waals surface area contributed by atoms with Gasteiger partial charge < -0.3 is 10.4 Å². The average Bonchev–Trinajstić information content (AvgIpc) is 2.79. The van der Waals surface area contributed by atoms with Gasteiger partial charge >= 0.3 is 0 Å². The van der Waals surface area contributed by atoms with Gasteiger partial charge in [-0.2, -0.15) is 0 Å². The van der Waals surface area contributed by atoms with Crippen LogP contribution in [0.1, 0.15) is 38.5 Å². The van der Waals surface area contributed by atoms with Gasteiger partial charge in [-0.3, -0.25) is 4.79 Å². The number of hydrogen-bond acceptors (Lipinski definition) is 2. The number of carbonyl (C=O) groups excluding carboxylic acids is 1. The van der Waals surface area contributed by atoms with Crippen LogP contribution < -0.4 is 5.32 Å². The second-order valence-electron chi connectivity index (χ2n) is 5.71. The number of aliphatic hydroxyl groups excluding tert-OH is 1. The summed E-state index contributed by atoms with van der Waals surface area (Å²) >= 11 is 0. The van der Waals surface area contributed by atoms with Crippen LogP contribution in [0.15, 0.2) is 0 Å². The van der Waals surface area contributed by atoms with E-state index in [2.05, 4.69) is 5.32 Å². The highest BCUT2D eigenvalue weighted by molar-refractivity contribution is 5.80. The Morgan fingerprint density at radius 3 is 2.40 bits per heavy atom. The lowest BCUT2D eigenvalue weighted by Crippen LogP contribution is -2.57. The Balaban J connectivity index is 1.56. The highest BCUT2D eigenvalue weighted by Crippen LogP contribution is 2.54. The van der Waals surface area contributed by atoms with E-state index in [0.29, 0.717) is 0 Å². The first-order chi connectivity index (χ1) is 7.22. The van der Waals surface area contributed by atoms with Gasteiger partial charge in [0.15, 0.2) is 0 Å². The summed E-state index contributed by atoms with van der Waals surface area (Å²) < 4.78 is 0. The number of carbonyl (C=O) groups is 1. The standard InChI is InChI=1S/C12H19NO2/c14-7-12(2-1-3-12)13-11(15)10-5-8-4-9(8)6-10/h8-10,14H,1-7H2,(H,13,15). The normalized spacial score (nSPS) is 40.5. The molecule has 3 aliphatic carbocycles. The molecule has 3 fully saturated rings. The van der Waals surface area contributed by atoms with Gasteiger partial charge in [-0.25, -0.2) is 0 Å². The summed E-state index contributed by atoms with van der Waals surface area (Å²) in [4.78, 5) is 12.0. The molecule has 3 saturated carbocycles. The van der Waals surface area contributed by atoms with Crippen LogP contribution in [0.2, 0.25) is 0 Å². The Labute approximate surface area is 90.2 Å². The summed E-state index contributed by atoms with van der Waals surface area (Å²) in [6.07, 6.45) is 6.59. The van der Waals surface area contributed by atoms with Crippen molar-refractivity contribution in [2.24, 2.45) is 17.8 Å². The summed E-state index contributed by atoms with van der Waals surface area (Å²) in [5, 5.41) is 12.3. The van der Waals surface area contributed by atoms with Crippen LogP contribution in [-0.4, -0.2) is 23.2 Å². The molecular formula is C12H19NO2. The first kappa shape index (κ1) is 9.64. The van der Waals surface area contributed by atoms with E-state index in [1.807, 2.05) is 0 Å². The van der Waals surface area contributed by atoms with Gasteiger partial charge in [-0.05, 0) is 50.4 Å². The van der Waals surface area contributed by atoms with Crippen molar-refractivity contribution in [2.45, 2.75) is 44.1 Å². The van der Waals surface area contributed by atoms with Gasteiger partial charge in [-0.15, -0.1) is 0 Å². The van der Waals surface area contributed by atoms with Crippen LogP contribution in [-0.2, 0) is 4.79 Å². The van der Waals surface area contributed by atoms with Crippen LogP contribution in [0.3, 0.4) is 0 Å². The van der Waals surface area contributed by atoms with E-state index in [0.717, 1.165) is 43.9 Å². The topological polar surface area (TPSA) is 49.3 Å². The van der Waals surface area contributed by atoms with Gasteiger partial charge in [0.1, 0.15) is 0 Å². The van der Waals surface area contributed by atoms with Crippen molar-refractivity contribution in [3.63, 3.8) is 0 Å². The lowest BCUT2D eigenvalue weighted by atomic mass is 9.77. The molecular weight excluding hydrogens is 190 g/mol. The van der Waals surface area contributed by atoms with Crippen molar-refractivity contribution < 1.29 is 9.90 Å². The maximum Gasteiger partial charge on any atom is 0.223 e. The van der Waals surface area contributed by atoms with E-state index < -0.39 is 0 Å². The zero-order chi connectivity index (χ0) is 10.5. The highest BCUT2D eigenvalue weighted by Gasteiger charge is 2.49. The maximum atomic E-state index is 12.0. The van der Waals surface area contributed by atoms with Crippen LogP contribution in [0.25, 0.3) is 0 Å². The fourth-order valence-electron chi connectivity index (χ4n) is 3.22. The fourth-order valence-corrected chi connectivity index (χ4v) is 3.22. The van der Waals surface area contributed by atoms with E-state index in [4.69, 9.17) is 0 Å². The molecule has 3 rings (SSSR count). The number of rotatable bonds is 3. The molecule has 0 bridgehead atoms. The van der Waals surface area contributed by atoms with Crippen molar-refractivity contribution in [3.05, 3.63) is 0 Å². The second-order valence-corrected chi connectivity index (χ2v) is 5.71. The van der Waals surface area contributed by atoms with Crippen LogP contribution in [0.4, 0.5) is 0 Å². The molecule has 0 spiro atoms. The first-order valence-electron chi connectivity index (χ1n) is 6.15. The van der Waals surface area contributed by atoms with Crippen molar-refractivity contribution >= 4 is 5.91 Å². The molecule has 1 amide bonds. The third kappa shape index (κ3) is 1.57. The third-order valence-electron chi connectivity index (χ3n) is 4.62. The molecule has 2 unspecified atom stereocenters. The molecule has 0 saturated heterocycles. The molecule has 0 aromatic heterocycles.